The molecule has 0 aliphatic rings. The molecule has 0 amide bonds. The van der Waals surface area contributed by atoms with Gasteiger partial charge in [-0.2, -0.15) is 0 Å². The van der Waals surface area contributed by atoms with E-state index in [-0.39, 0.29) is 17.3 Å². The second-order valence-corrected chi connectivity index (χ2v) is 11.5. The highest BCUT2D eigenvalue weighted by atomic mass is 32.2. The molecule has 5 aromatic rings. The monoisotopic (exact) mass is 592 g/mol. The van der Waals surface area contributed by atoms with Crippen LogP contribution in [-0.2, 0) is 29.7 Å². The summed E-state index contributed by atoms with van der Waals surface area (Å²) in [4.78, 5) is -0.0000992. The summed E-state index contributed by atoms with van der Waals surface area (Å²) >= 11 is 0. The van der Waals surface area contributed by atoms with E-state index in [4.69, 9.17) is 18.9 Å². The Hall–Kier alpha value is -5.01. The third kappa shape index (κ3) is 8.05. The largest absolute Gasteiger partial charge is 0.493 e. The number of sulfone groups is 1. The molecule has 0 N–H and O–H groups in total. The summed E-state index contributed by atoms with van der Waals surface area (Å²) in [7, 11) is -2.44. The number of para-hydroxylation sites is 1. The van der Waals surface area contributed by atoms with Gasteiger partial charge in [-0.3, -0.25) is 0 Å². The summed E-state index contributed by atoms with van der Waals surface area (Å²) < 4.78 is 51.2. The molecule has 0 saturated heterocycles. The lowest BCUT2D eigenvalue weighted by Crippen LogP contribution is -2.04. The van der Waals surface area contributed by atoms with Gasteiger partial charge in [-0.05, 0) is 41.0 Å². The van der Waals surface area contributed by atoms with Crippen molar-refractivity contribution < 1.29 is 27.4 Å². The van der Waals surface area contributed by atoms with Crippen LogP contribution in [0.3, 0.4) is 0 Å². The highest BCUT2D eigenvalue weighted by Gasteiger charge is 2.20. The Kier molecular flexibility index (Phi) is 9.77. The maximum atomic E-state index is 13.8. The molecule has 0 unspecified atom stereocenters. The average Bonchev–Trinajstić information content (AvgIpc) is 3.06. The quantitative estimate of drug-likeness (QED) is 0.139. The predicted molar refractivity (Wildman–Crippen MR) is 168 cm³/mol. The Labute approximate surface area is 252 Å². The van der Waals surface area contributed by atoms with Crippen molar-refractivity contribution in [2.75, 3.05) is 7.11 Å². The minimum atomic E-state index is -3.98. The molecule has 5 rings (SSSR count). The molecule has 7 heteroatoms. The van der Waals surface area contributed by atoms with E-state index in [1.54, 1.807) is 37.4 Å². The van der Waals surface area contributed by atoms with E-state index in [0.717, 1.165) is 22.1 Å². The summed E-state index contributed by atoms with van der Waals surface area (Å²) in [5, 5.41) is 1.16. The van der Waals surface area contributed by atoms with Crippen LogP contribution in [-0.4, -0.2) is 15.5 Å². The van der Waals surface area contributed by atoms with Gasteiger partial charge in [0.15, 0.2) is 11.5 Å². The SMILES string of the molecule is COc1cccc(/C=C/S(=O)(=O)c2cc(OCc3ccccc3)ccc2OCc2ccccc2)c1OCc1ccccc1. The topological polar surface area (TPSA) is 71.1 Å². The van der Waals surface area contributed by atoms with Crippen LogP contribution in [0.5, 0.6) is 23.0 Å². The first kappa shape index (κ1) is 29.5. The van der Waals surface area contributed by atoms with E-state index in [2.05, 4.69) is 0 Å². The van der Waals surface area contributed by atoms with Crippen LogP contribution in [0.25, 0.3) is 6.08 Å². The zero-order valence-electron chi connectivity index (χ0n) is 23.8. The third-order valence-corrected chi connectivity index (χ3v) is 8.02. The van der Waals surface area contributed by atoms with Crippen molar-refractivity contribution in [2.24, 2.45) is 0 Å². The van der Waals surface area contributed by atoms with Crippen molar-refractivity contribution in [1.29, 1.82) is 0 Å². The Morgan fingerprint density at radius 2 is 1.14 bits per heavy atom. The van der Waals surface area contributed by atoms with Crippen molar-refractivity contribution in [3.63, 3.8) is 0 Å². The molecule has 0 atom stereocenters. The molecule has 218 valence electrons. The standard InChI is InChI=1S/C36H32O6S/c1-39-34-19-11-18-31(36(34)42-27-30-16-9-4-10-17-30)22-23-43(37,38)35-24-32(40-25-28-12-5-2-6-13-28)20-21-33(35)41-26-29-14-7-3-8-15-29/h2-24H,25-27H2,1H3/b23-22+. The average molecular weight is 593 g/mol. The van der Waals surface area contributed by atoms with Crippen molar-refractivity contribution in [3.8, 4) is 23.0 Å². The zero-order chi connectivity index (χ0) is 29.9. The molecule has 0 bridgehead atoms. The summed E-state index contributed by atoms with van der Waals surface area (Å²) in [6.45, 7) is 0.810. The van der Waals surface area contributed by atoms with E-state index in [1.807, 2.05) is 91.0 Å². The summed E-state index contributed by atoms with van der Waals surface area (Å²) in [6, 6.07) is 39.2. The maximum Gasteiger partial charge on any atom is 0.203 e. The molecule has 0 radical (unpaired) electrons. The molecule has 0 aliphatic carbocycles. The molecule has 5 aromatic carbocycles. The molecule has 6 nitrogen and oxygen atoms in total. The van der Waals surface area contributed by atoms with Gasteiger partial charge in [0.1, 0.15) is 36.2 Å². The van der Waals surface area contributed by atoms with Gasteiger partial charge in [0.25, 0.3) is 0 Å². The minimum Gasteiger partial charge on any atom is -0.493 e. The molecular weight excluding hydrogens is 560 g/mol. The predicted octanol–water partition coefficient (Wildman–Crippen LogP) is 7.88. The van der Waals surface area contributed by atoms with Crippen molar-refractivity contribution in [3.05, 3.63) is 155 Å². The van der Waals surface area contributed by atoms with Crippen molar-refractivity contribution in [2.45, 2.75) is 24.7 Å². The smallest absolute Gasteiger partial charge is 0.203 e. The van der Waals surface area contributed by atoms with Crippen LogP contribution in [0.4, 0.5) is 0 Å². The third-order valence-electron chi connectivity index (χ3n) is 6.59. The summed E-state index contributed by atoms with van der Waals surface area (Å²) in [6.07, 6.45) is 1.51. The fraction of sp³-hybridized carbons (Fsp3) is 0.111. The van der Waals surface area contributed by atoms with E-state index in [9.17, 15) is 8.42 Å². The van der Waals surface area contributed by atoms with Crippen LogP contribution >= 0.6 is 0 Å². The van der Waals surface area contributed by atoms with Crippen LogP contribution in [0.2, 0.25) is 0 Å². The van der Waals surface area contributed by atoms with Gasteiger partial charge < -0.3 is 18.9 Å². The van der Waals surface area contributed by atoms with Crippen LogP contribution in [0.15, 0.2) is 138 Å². The van der Waals surface area contributed by atoms with E-state index in [1.165, 1.54) is 12.1 Å². The lowest BCUT2D eigenvalue weighted by Gasteiger charge is -2.14. The number of hydrogen-bond donors (Lipinski definition) is 0. The maximum absolute atomic E-state index is 13.8. The number of ether oxygens (including phenoxy) is 4. The molecule has 43 heavy (non-hydrogen) atoms. The van der Waals surface area contributed by atoms with E-state index in [0.29, 0.717) is 36.0 Å². The number of benzene rings is 5. The Morgan fingerprint density at radius 1 is 0.581 bits per heavy atom. The first-order valence-electron chi connectivity index (χ1n) is 13.8. The van der Waals surface area contributed by atoms with Gasteiger partial charge >= 0.3 is 0 Å². The lowest BCUT2D eigenvalue weighted by atomic mass is 10.2. The molecule has 0 saturated carbocycles. The zero-order valence-corrected chi connectivity index (χ0v) is 24.6. The second-order valence-electron chi connectivity index (χ2n) is 9.66. The van der Waals surface area contributed by atoms with Crippen molar-refractivity contribution in [1.82, 2.24) is 0 Å². The van der Waals surface area contributed by atoms with Gasteiger partial charge in [0, 0.05) is 17.0 Å². The van der Waals surface area contributed by atoms with Gasteiger partial charge in [-0.15, -0.1) is 0 Å². The fourth-order valence-electron chi connectivity index (χ4n) is 4.34. The van der Waals surface area contributed by atoms with Crippen LogP contribution < -0.4 is 18.9 Å². The first-order valence-corrected chi connectivity index (χ1v) is 15.3. The number of methoxy groups -OCH3 is 1. The van der Waals surface area contributed by atoms with Gasteiger partial charge in [0.2, 0.25) is 9.84 Å². The molecule has 0 aromatic heterocycles. The van der Waals surface area contributed by atoms with Crippen LogP contribution in [0.1, 0.15) is 22.3 Å². The molecular formula is C36H32O6S. The number of hydrogen-bond acceptors (Lipinski definition) is 6. The fourth-order valence-corrected chi connectivity index (χ4v) is 5.50. The molecule has 0 fully saturated rings. The van der Waals surface area contributed by atoms with Crippen molar-refractivity contribution >= 4 is 15.9 Å². The molecule has 0 heterocycles. The van der Waals surface area contributed by atoms with Gasteiger partial charge in [-0.1, -0.05) is 103 Å². The van der Waals surface area contributed by atoms with Gasteiger partial charge in [0.05, 0.1) is 7.11 Å². The lowest BCUT2D eigenvalue weighted by molar-refractivity contribution is 0.284. The summed E-state index contributed by atoms with van der Waals surface area (Å²) in [5.74, 6) is 1.59. The molecule has 0 spiro atoms. The summed E-state index contributed by atoms with van der Waals surface area (Å²) in [5.41, 5.74) is 3.42. The highest BCUT2D eigenvalue weighted by molar-refractivity contribution is 7.94. The van der Waals surface area contributed by atoms with E-state index >= 15 is 0 Å². The van der Waals surface area contributed by atoms with Gasteiger partial charge in [-0.25, -0.2) is 8.42 Å². The van der Waals surface area contributed by atoms with E-state index < -0.39 is 9.84 Å². The van der Waals surface area contributed by atoms with Crippen LogP contribution in [0, 0.1) is 0 Å². The molecule has 0 aliphatic heterocycles. The normalized spacial score (nSPS) is 11.3. The Morgan fingerprint density at radius 3 is 1.72 bits per heavy atom. The Bertz CT molecular complexity index is 1750. The number of rotatable bonds is 13. The first-order chi connectivity index (χ1) is 21.0. The Balaban J connectivity index is 1.44. The second kappa shape index (κ2) is 14.2. The minimum absolute atomic E-state index is 0.0000992. The highest BCUT2D eigenvalue weighted by Crippen LogP contribution is 2.35.